The van der Waals surface area contributed by atoms with E-state index >= 15 is 0 Å². The van der Waals surface area contributed by atoms with Gasteiger partial charge in [0.2, 0.25) is 0 Å². The lowest BCUT2D eigenvalue weighted by atomic mass is 9.87. The third-order valence-electron chi connectivity index (χ3n) is 4.55. The summed E-state index contributed by atoms with van der Waals surface area (Å²) in [5.74, 6) is -0.169. The molecule has 1 unspecified atom stereocenters. The topological polar surface area (TPSA) is 15.3 Å². The van der Waals surface area contributed by atoms with Crippen LogP contribution in [0.25, 0.3) is 0 Å². The minimum absolute atomic E-state index is 0.0665. The number of hydrogen-bond donors (Lipinski definition) is 1. The molecular weight excluding hydrogens is 319 g/mol. The summed E-state index contributed by atoms with van der Waals surface area (Å²) in [5, 5.41) is 3.43. The van der Waals surface area contributed by atoms with Crippen LogP contribution in [0, 0.1) is 5.82 Å². The highest BCUT2D eigenvalue weighted by molar-refractivity contribution is 9.10. The molecule has 1 aliphatic rings. The molecule has 0 spiro atoms. The maximum atomic E-state index is 13.4. The zero-order chi connectivity index (χ0) is 14.8. The van der Waals surface area contributed by atoms with E-state index in [4.69, 9.17) is 0 Å². The van der Waals surface area contributed by atoms with E-state index in [9.17, 15) is 4.39 Å². The van der Waals surface area contributed by atoms with Gasteiger partial charge in [-0.1, -0.05) is 15.9 Å². The fraction of sp³-hybridized carbons (Fsp3) is 0.625. The summed E-state index contributed by atoms with van der Waals surface area (Å²) < 4.78 is 14.4. The molecule has 1 atom stereocenters. The Hall–Kier alpha value is -0.450. The summed E-state index contributed by atoms with van der Waals surface area (Å²) in [5.41, 5.74) is 1.09. The normalized spacial score (nSPS) is 18.4. The zero-order valence-corrected chi connectivity index (χ0v) is 14.1. The van der Waals surface area contributed by atoms with Crippen molar-refractivity contribution in [1.82, 2.24) is 10.2 Å². The first kappa shape index (κ1) is 15.9. The predicted octanol–water partition coefficient (Wildman–Crippen LogP) is 3.59. The van der Waals surface area contributed by atoms with Gasteiger partial charge >= 0.3 is 0 Å². The number of halogens is 2. The number of rotatable bonds is 5. The summed E-state index contributed by atoms with van der Waals surface area (Å²) in [7, 11) is 2.00. The Labute approximate surface area is 129 Å². The van der Waals surface area contributed by atoms with Gasteiger partial charge in [0.05, 0.1) is 0 Å². The number of nitrogens with zero attached hydrogens (tertiary/aromatic N) is 1. The van der Waals surface area contributed by atoms with Crippen molar-refractivity contribution in [2.24, 2.45) is 0 Å². The highest BCUT2D eigenvalue weighted by Crippen LogP contribution is 2.28. The van der Waals surface area contributed by atoms with Gasteiger partial charge in [0, 0.05) is 16.1 Å². The van der Waals surface area contributed by atoms with Crippen LogP contribution in [0.3, 0.4) is 0 Å². The molecule has 0 aliphatic carbocycles. The number of hydrogen-bond acceptors (Lipinski definition) is 2. The van der Waals surface area contributed by atoms with Gasteiger partial charge in [-0.3, -0.25) is 4.90 Å². The molecule has 0 radical (unpaired) electrons. The molecule has 1 aromatic carbocycles. The molecular formula is C16H24BrFN2. The average molecular weight is 343 g/mol. The van der Waals surface area contributed by atoms with Crippen LogP contribution in [0.2, 0.25) is 0 Å². The third kappa shape index (κ3) is 3.41. The number of benzene rings is 1. The van der Waals surface area contributed by atoms with Crippen LogP contribution < -0.4 is 5.32 Å². The molecule has 1 heterocycles. The van der Waals surface area contributed by atoms with Gasteiger partial charge in [0.1, 0.15) is 5.82 Å². The molecule has 0 saturated carbocycles. The molecule has 1 saturated heterocycles. The largest absolute Gasteiger partial charge is 0.315 e. The van der Waals surface area contributed by atoms with Crippen molar-refractivity contribution < 1.29 is 4.39 Å². The van der Waals surface area contributed by atoms with Crippen LogP contribution in [0.4, 0.5) is 4.39 Å². The van der Waals surface area contributed by atoms with Gasteiger partial charge in [-0.25, -0.2) is 4.39 Å². The molecule has 2 nitrogen and oxygen atoms in total. The average Bonchev–Trinajstić information content (AvgIpc) is 2.94. The highest BCUT2D eigenvalue weighted by Gasteiger charge is 2.36. The molecule has 2 rings (SSSR count). The van der Waals surface area contributed by atoms with Gasteiger partial charge in [-0.05, 0) is 77.0 Å². The van der Waals surface area contributed by atoms with Crippen molar-refractivity contribution >= 4 is 15.9 Å². The van der Waals surface area contributed by atoms with Crippen LogP contribution in [-0.4, -0.2) is 36.6 Å². The second-order valence-corrected chi connectivity index (χ2v) is 6.98. The fourth-order valence-corrected chi connectivity index (χ4v) is 3.55. The fourth-order valence-electron chi connectivity index (χ4n) is 3.14. The number of likely N-dealkylation sites (tertiary alicyclic amines) is 1. The minimum Gasteiger partial charge on any atom is -0.315 e. The molecule has 1 aromatic rings. The lowest BCUT2D eigenvalue weighted by Gasteiger charge is -2.42. The standard InChI is InChI=1S/C16H24BrFN2/c1-16(2,20-8-4-5-9-20)15(19-3)11-12-10-13(18)6-7-14(12)17/h6-7,10,15,19H,4-5,8-9,11H2,1-3H3. The Kier molecular flexibility index (Phi) is 5.21. The van der Waals surface area contributed by atoms with Gasteiger partial charge in [0.25, 0.3) is 0 Å². The molecule has 1 aliphatic heterocycles. The Morgan fingerprint density at radius 2 is 2.00 bits per heavy atom. The minimum atomic E-state index is -0.169. The van der Waals surface area contributed by atoms with E-state index in [1.807, 2.05) is 7.05 Å². The Morgan fingerprint density at radius 1 is 1.35 bits per heavy atom. The van der Waals surface area contributed by atoms with Crippen molar-refractivity contribution in [1.29, 1.82) is 0 Å². The second kappa shape index (κ2) is 6.54. The van der Waals surface area contributed by atoms with Crippen molar-refractivity contribution in [3.8, 4) is 0 Å². The van der Waals surface area contributed by atoms with Crippen LogP contribution in [0.1, 0.15) is 32.3 Å². The van der Waals surface area contributed by atoms with E-state index in [0.717, 1.165) is 29.5 Å². The van der Waals surface area contributed by atoms with Crippen molar-refractivity contribution in [2.75, 3.05) is 20.1 Å². The lowest BCUT2D eigenvalue weighted by Crippen LogP contribution is -2.57. The first-order valence-electron chi connectivity index (χ1n) is 7.31. The summed E-state index contributed by atoms with van der Waals surface area (Å²) in [6.45, 7) is 6.89. The van der Waals surface area contributed by atoms with E-state index in [-0.39, 0.29) is 11.4 Å². The molecule has 1 fully saturated rings. The van der Waals surface area contributed by atoms with E-state index in [1.165, 1.54) is 18.9 Å². The maximum Gasteiger partial charge on any atom is 0.123 e. The molecule has 4 heteroatoms. The van der Waals surface area contributed by atoms with E-state index in [1.54, 1.807) is 12.1 Å². The van der Waals surface area contributed by atoms with Crippen LogP contribution >= 0.6 is 15.9 Å². The SMILES string of the molecule is CNC(Cc1cc(F)ccc1Br)C(C)(C)N1CCCC1. The highest BCUT2D eigenvalue weighted by atomic mass is 79.9. The quantitative estimate of drug-likeness (QED) is 0.879. The first-order valence-corrected chi connectivity index (χ1v) is 8.10. The maximum absolute atomic E-state index is 13.4. The summed E-state index contributed by atoms with van der Waals surface area (Å²) in [4.78, 5) is 2.54. The summed E-state index contributed by atoms with van der Waals surface area (Å²) in [6.07, 6.45) is 3.38. The van der Waals surface area contributed by atoms with E-state index < -0.39 is 0 Å². The summed E-state index contributed by atoms with van der Waals surface area (Å²) in [6, 6.07) is 5.21. The molecule has 20 heavy (non-hydrogen) atoms. The van der Waals surface area contributed by atoms with Crippen molar-refractivity contribution in [3.63, 3.8) is 0 Å². The van der Waals surface area contributed by atoms with Crippen molar-refractivity contribution in [3.05, 3.63) is 34.1 Å². The first-order chi connectivity index (χ1) is 9.45. The van der Waals surface area contributed by atoms with Gasteiger partial charge < -0.3 is 5.32 Å². The molecule has 0 bridgehead atoms. The summed E-state index contributed by atoms with van der Waals surface area (Å²) >= 11 is 3.53. The molecule has 0 aromatic heterocycles. The Bertz CT molecular complexity index is 456. The monoisotopic (exact) mass is 342 g/mol. The number of nitrogens with one attached hydrogen (secondary N) is 1. The van der Waals surface area contributed by atoms with Gasteiger partial charge in [0.15, 0.2) is 0 Å². The Morgan fingerprint density at radius 3 is 2.60 bits per heavy atom. The second-order valence-electron chi connectivity index (χ2n) is 6.13. The molecule has 0 amide bonds. The third-order valence-corrected chi connectivity index (χ3v) is 5.33. The molecule has 1 N–H and O–H groups in total. The van der Waals surface area contributed by atoms with Crippen LogP contribution in [0.5, 0.6) is 0 Å². The van der Waals surface area contributed by atoms with Crippen LogP contribution in [-0.2, 0) is 6.42 Å². The zero-order valence-electron chi connectivity index (χ0n) is 12.5. The number of likely N-dealkylation sites (N-methyl/N-ethyl adjacent to an activating group) is 1. The van der Waals surface area contributed by atoms with E-state index in [0.29, 0.717) is 6.04 Å². The molecule has 112 valence electrons. The van der Waals surface area contributed by atoms with Gasteiger partial charge in [-0.15, -0.1) is 0 Å². The van der Waals surface area contributed by atoms with E-state index in [2.05, 4.69) is 40.0 Å². The lowest BCUT2D eigenvalue weighted by molar-refractivity contribution is 0.110. The van der Waals surface area contributed by atoms with Crippen molar-refractivity contribution in [2.45, 2.75) is 44.7 Å². The van der Waals surface area contributed by atoms with Gasteiger partial charge in [-0.2, -0.15) is 0 Å². The predicted molar refractivity (Wildman–Crippen MR) is 85.5 cm³/mol. The Balaban J connectivity index is 2.17. The van der Waals surface area contributed by atoms with Crippen LogP contribution in [0.15, 0.2) is 22.7 Å². The smallest absolute Gasteiger partial charge is 0.123 e.